The van der Waals surface area contributed by atoms with E-state index in [9.17, 15) is 4.79 Å². The summed E-state index contributed by atoms with van der Waals surface area (Å²) in [5.74, 6) is 0.470. The van der Waals surface area contributed by atoms with E-state index in [4.69, 9.17) is 4.74 Å². The lowest BCUT2D eigenvalue weighted by molar-refractivity contribution is -0.0557. The van der Waals surface area contributed by atoms with Gasteiger partial charge in [-0.2, -0.15) is 0 Å². The van der Waals surface area contributed by atoms with Gasteiger partial charge in [-0.05, 0) is 24.7 Å². The summed E-state index contributed by atoms with van der Waals surface area (Å²) >= 11 is 0. The van der Waals surface area contributed by atoms with Crippen LogP contribution in [0.15, 0.2) is 59.4 Å². The van der Waals surface area contributed by atoms with Crippen LogP contribution >= 0.6 is 0 Å². The highest BCUT2D eigenvalue weighted by molar-refractivity contribution is 5.78. The molecule has 6 nitrogen and oxygen atoms in total. The Labute approximate surface area is 151 Å². The molecule has 0 spiro atoms. The Morgan fingerprint density at radius 1 is 1.19 bits per heavy atom. The lowest BCUT2D eigenvalue weighted by Gasteiger charge is -2.39. The summed E-state index contributed by atoms with van der Waals surface area (Å²) in [6.07, 6.45) is -0.0343. The minimum Gasteiger partial charge on any atom is -0.373 e. The van der Waals surface area contributed by atoms with Crippen LogP contribution in [-0.4, -0.2) is 47.7 Å². The largest absolute Gasteiger partial charge is 0.373 e. The molecule has 1 aromatic heterocycles. The van der Waals surface area contributed by atoms with Crippen molar-refractivity contribution < 1.29 is 4.74 Å². The molecule has 0 aliphatic carbocycles. The van der Waals surface area contributed by atoms with E-state index < -0.39 is 0 Å². The average molecular weight is 350 g/mol. The van der Waals surface area contributed by atoms with Crippen LogP contribution in [0.4, 0.5) is 5.95 Å². The number of likely N-dealkylation sites (N-methyl/N-ethyl adjacent to an activating group) is 1. The molecule has 0 saturated carbocycles. The molecule has 3 aromatic rings. The van der Waals surface area contributed by atoms with E-state index >= 15 is 0 Å². The van der Waals surface area contributed by atoms with Crippen LogP contribution in [0.5, 0.6) is 0 Å². The van der Waals surface area contributed by atoms with Gasteiger partial charge in [-0.25, -0.2) is 4.98 Å². The first-order chi connectivity index (χ1) is 12.7. The number of ether oxygens (including phenoxy) is 1. The van der Waals surface area contributed by atoms with Gasteiger partial charge in [-0.15, -0.1) is 0 Å². The lowest BCUT2D eigenvalue weighted by Crippen LogP contribution is -2.46. The molecule has 2 atom stereocenters. The molecule has 1 aliphatic rings. The van der Waals surface area contributed by atoms with Crippen LogP contribution in [0.1, 0.15) is 11.6 Å². The Morgan fingerprint density at radius 2 is 1.96 bits per heavy atom. The van der Waals surface area contributed by atoms with E-state index in [1.54, 1.807) is 6.07 Å². The number of nitrogens with one attached hydrogen (secondary N) is 2. The topological polar surface area (TPSA) is 70.2 Å². The molecule has 0 unspecified atom stereocenters. The number of morpholine rings is 1. The van der Waals surface area contributed by atoms with Gasteiger partial charge in [0.05, 0.1) is 29.7 Å². The fraction of sp³-hybridized carbons (Fsp3) is 0.300. The number of aromatic nitrogens is 2. The molecule has 0 radical (unpaired) electrons. The van der Waals surface area contributed by atoms with Gasteiger partial charge in [0.25, 0.3) is 5.56 Å². The molecule has 1 aliphatic heterocycles. The first-order valence-electron chi connectivity index (χ1n) is 8.82. The molecule has 2 N–H and O–H groups in total. The Bertz CT molecular complexity index is 941. The normalized spacial score (nSPS) is 21.0. The number of H-pyrrole nitrogens is 1. The summed E-state index contributed by atoms with van der Waals surface area (Å²) in [4.78, 5) is 21.8. The minimum absolute atomic E-state index is 0.0343. The van der Waals surface area contributed by atoms with Gasteiger partial charge in [0.15, 0.2) is 0 Å². The molecule has 2 heterocycles. The number of para-hydroxylation sites is 1. The molecule has 6 heteroatoms. The van der Waals surface area contributed by atoms with Crippen molar-refractivity contribution in [3.8, 4) is 0 Å². The molecule has 1 fully saturated rings. The zero-order chi connectivity index (χ0) is 17.9. The van der Waals surface area contributed by atoms with Gasteiger partial charge in [0.1, 0.15) is 0 Å². The number of fused-ring (bicyclic) bond motifs is 1. The number of hydrogen-bond donors (Lipinski definition) is 2. The first kappa shape index (κ1) is 16.8. The summed E-state index contributed by atoms with van der Waals surface area (Å²) in [6.45, 7) is 2.14. The number of anilines is 1. The average Bonchev–Trinajstić information content (AvgIpc) is 2.67. The summed E-state index contributed by atoms with van der Waals surface area (Å²) in [7, 11) is 2.11. The fourth-order valence-electron chi connectivity index (χ4n) is 3.52. The summed E-state index contributed by atoms with van der Waals surface area (Å²) in [5.41, 5.74) is 1.76. The van der Waals surface area contributed by atoms with E-state index in [0.29, 0.717) is 30.0 Å². The van der Waals surface area contributed by atoms with E-state index in [1.807, 2.05) is 36.4 Å². The van der Waals surface area contributed by atoms with Crippen molar-refractivity contribution in [3.63, 3.8) is 0 Å². The third-order valence-corrected chi connectivity index (χ3v) is 4.83. The van der Waals surface area contributed by atoms with E-state index in [2.05, 4.69) is 39.4 Å². The summed E-state index contributed by atoms with van der Waals surface area (Å²) in [6, 6.07) is 17.8. The summed E-state index contributed by atoms with van der Waals surface area (Å²) in [5, 5.41) is 3.84. The minimum atomic E-state index is -0.139. The first-order valence-corrected chi connectivity index (χ1v) is 8.82. The number of hydrogen-bond acceptors (Lipinski definition) is 5. The summed E-state index contributed by atoms with van der Waals surface area (Å²) < 4.78 is 6.03. The van der Waals surface area contributed by atoms with E-state index in [-0.39, 0.29) is 17.7 Å². The maximum atomic E-state index is 12.2. The Morgan fingerprint density at radius 3 is 2.81 bits per heavy atom. The van der Waals surface area contributed by atoms with Crippen molar-refractivity contribution in [2.75, 3.05) is 32.1 Å². The van der Waals surface area contributed by atoms with Crippen molar-refractivity contribution in [3.05, 3.63) is 70.5 Å². The molecule has 0 bridgehead atoms. The van der Waals surface area contributed by atoms with E-state index in [0.717, 1.165) is 6.54 Å². The lowest BCUT2D eigenvalue weighted by atomic mass is 9.98. The highest BCUT2D eigenvalue weighted by atomic mass is 16.5. The highest BCUT2D eigenvalue weighted by Crippen LogP contribution is 2.28. The fourth-order valence-corrected chi connectivity index (χ4v) is 3.52. The molecule has 4 rings (SSSR count). The predicted octanol–water partition coefficient (Wildman–Crippen LogP) is 2.41. The Hall–Kier alpha value is -2.70. The van der Waals surface area contributed by atoms with Gasteiger partial charge >= 0.3 is 0 Å². The van der Waals surface area contributed by atoms with Crippen molar-refractivity contribution >= 4 is 16.9 Å². The van der Waals surface area contributed by atoms with Crippen LogP contribution in [0.25, 0.3) is 10.9 Å². The maximum Gasteiger partial charge on any atom is 0.260 e. The van der Waals surface area contributed by atoms with Crippen molar-refractivity contribution in [2.24, 2.45) is 0 Å². The number of benzene rings is 2. The molecule has 1 saturated heterocycles. The van der Waals surface area contributed by atoms with Crippen LogP contribution in [0.3, 0.4) is 0 Å². The molecular formula is C20H22N4O2. The molecule has 0 amide bonds. The van der Waals surface area contributed by atoms with Gasteiger partial charge in [0, 0.05) is 13.1 Å². The second kappa shape index (κ2) is 7.27. The maximum absolute atomic E-state index is 12.2. The smallest absolute Gasteiger partial charge is 0.260 e. The van der Waals surface area contributed by atoms with Gasteiger partial charge in [-0.3, -0.25) is 14.7 Å². The monoisotopic (exact) mass is 350 g/mol. The van der Waals surface area contributed by atoms with Crippen LogP contribution in [-0.2, 0) is 4.74 Å². The van der Waals surface area contributed by atoms with Gasteiger partial charge in [-0.1, -0.05) is 42.5 Å². The van der Waals surface area contributed by atoms with Crippen LogP contribution in [0.2, 0.25) is 0 Å². The molecule has 134 valence electrons. The predicted molar refractivity (Wildman–Crippen MR) is 102 cm³/mol. The van der Waals surface area contributed by atoms with Gasteiger partial charge < -0.3 is 10.1 Å². The highest BCUT2D eigenvalue weighted by Gasteiger charge is 2.31. The third kappa shape index (κ3) is 3.34. The molecule has 26 heavy (non-hydrogen) atoms. The van der Waals surface area contributed by atoms with Crippen LogP contribution < -0.4 is 10.9 Å². The standard InChI is InChI=1S/C20H22N4O2/c1-24-11-12-26-17(18(24)14-7-3-2-4-8-14)13-21-20-22-16-10-6-5-9-15(16)19(25)23-20/h2-10,17-18H,11-13H2,1H3,(H2,21,22,23,25)/t17-,18-/m0/s1. The number of nitrogens with zero attached hydrogens (tertiary/aromatic N) is 2. The Balaban J connectivity index is 1.55. The third-order valence-electron chi connectivity index (χ3n) is 4.83. The van der Waals surface area contributed by atoms with Crippen molar-refractivity contribution in [1.82, 2.24) is 14.9 Å². The Kier molecular flexibility index (Phi) is 4.69. The second-order valence-corrected chi connectivity index (χ2v) is 6.56. The van der Waals surface area contributed by atoms with Crippen LogP contribution in [0, 0.1) is 0 Å². The SMILES string of the molecule is CN1CCO[C@@H](CNc2nc3ccccc3c(=O)[nH]2)[C@@H]1c1ccccc1. The zero-order valence-electron chi connectivity index (χ0n) is 14.7. The van der Waals surface area contributed by atoms with E-state index in [1.165, 1.54) is 5.56 Å². The van der Waals surface area contributed by atoms with Crippen molar-refractivity contribution in [2.45, 2.75) is 12.1 Å². The zero-order valence-corrected chi connectivity index (χ0v) is 14.7. The molecule has 2 aromatic carbocycles. The van der Waals surface area contributed by atoms with Gasteiger partial charge in [0.2, 0.25) is 5.95 Å². The number of rotatable bonds is 4. The quantitative estimate of drug-likeness (QED) is 0.756. The molecular weight excluding hydrogens is 328 g/mol. The van der Waals surface area contributed by atoms with Crippen molar-refractivity contribution in [1.29, 1.82) is 0 Å². The second-order valence-electron chi connectivity index (χ2n) is 6.56. The number of aromatic amines is 1.